The first-order valence-corrected chi connectivity index (χ1v) is 9.93. The van der Waals surface area contributed by atoms with Crippen LogP contribution in [0.5, 0.6) is 0 Å². The number of nitrogens with one attached hydrogen (secondary N) is 1. The van der Waals surface area contributed by atoms with Crippen LogP contribution in [0.1, 0.15) is 34.5 Å². The van der Waals surface area contributed by atoms with Crippen LogP contribution >= 0.6 is 11.6 Å². The van der Waals surface area contributed by atoms with Crippen molar-refractivity contribution < 1.29 is 4.79 Å². The van der Waals surface area contributed by atoms with E-state index < -0.39 is 0 Å². The van der Waals surface area contributed by atoms with Crippen molar-refractivity contribution in [1.82, 2.24) is 10.3 Å². The quantitative estimate of drug-likeness (QED) is 0.433. The van der Waals surface area contributed by atoms with Crippen LogP contribution in [-0.2, 0) is 0 Å². The zero-order chi connectivity index (χ0) is 20.4. The summed E-state index contributed by atoms with van der Waals surface area (Å²) >= 11 is 6.05. The van der Waals surface area contributed by atoms with Gasteiger partial charge in [0, 0.05) is 16.0 Å². The zero-order valence-electron chi connectivity index (χ0n) is 16.3. The second-order valence-corrected chi connectivity index (χ2v) is 7.53. The van der Waals surface area contributed by atoms with Gasteiger partial charge in [0.1, 0.15) is 0 Å². The maximum atomic E-state index is 13.3. The highest BCUT2D eigenvalue weighted by atomic mass is 35.5. The molecule has 4 rings (SSSR count). The molecule has 4 aromatic rings. The maximum Gasteiger partial charge on any atom is 0.252 e. The van der Waals surface area contributed by atoms with E-state index in [0.29, 0.717) is 10.6 Å². The molecule has 144 valence electrons. The molecule has 0 saturated carbocycles. The van der Waals surface area contributed by atoms with Crippen molar-refractivity contribution in [2.75, 3.05) is 0 Å². The molecule has 0 bridgehead atoms. The normalized spacial score (nSPS) is 12.0. The number of carbonyl (C=O) groups excluding carboxylic acids is 1. The predicted molar refractivity (Wildman–Crippen MR) is 119 cm³/mol. The Morgan fingerprint density at radius 3 is 2.31 bits per heavy atom. The van der Waals surface area contributed by atoms with Crippen LogP contribution in [0.25, 0.3) is 22.2 Å². The number of amides is 1. The summed E-state index contributed by atoms with van der Waals surface area (Å²) < 4.78 is 0. The Hall–Kier alpha value is -3.17. The standard InChI is InChI=1S/C25H21ClN2O/c1-16-23(25(29)27-17(2)18-8-4-3-5-9-18)21-10-6-7-11-22(21)28-24(16)19-12-14-20(26)15-13-19/h3-15,17H,1-2H3,(H,27,29). The van der Waals surface area contributed by atoms with Gasteiger partial charge >= 0.3 is 0 Å². The molecular weight excluding hydrogens is 380 g/mol. The molecule has 0 aliphatic carbocycles. The monoisotopic (exact) mass is 400 g/mol. The van der Waals surface area contributed by atoms with Gasteiger partial charge in [-0.3, -0.25) is 4.79 Å². The van der Waals surface area contributed by atoms with E-state index in [1.165, 1.54) is 0 Å². The number of rotatable bonds is 4. The van der Waals surface area contributed by atoms with Gasteiger partial charge in [0.05, 0.1) is 22.8 Å². The molecular formula is C25H21ClN2O. The highest BCUT2D eigenvalue weighted by Gasteiger charge is 2.20. The fraction of sp³-hybridized carbons (Fsp3) is 0.120. The summed E-state index contributed by atoms with van der Waals surface area (Å²) in [6.07, 6.45) is 0. The van der Waals surface area contributed by atoms with E-state index in [4.69, 9.17) is 16.6 Å². The summed E-state index contributed by atoms with van der Waals surface area (Å²) in [6.45, 7) is 3.94. The van der Waals surface area contributed by atoms with Crippen LogP contribution in [0.2, 0.25) is 5.02 Å². The molecule has 1 N–H and O–H groups in total. The summed E-state index contributed by atoms with van der Waals surface area (Å²) in [4.78, 5) is 18.2. The lowest BCUT2D eigenvalue weighted by atomic mass is 9.96. The minimum atomic E-state index is -0.104. The van der Waals surface area contributed by atoms with Gasteiger partial charge in [-0.05, 0) is 43.2 Å². The Morgan fingerprint density at radius 1 is 0.931 bits per heavy atom. The van der Waals surface area contributed by atoms with Gasteiger partial charge < -0.3 is 5.32 Å². The lowest BCUT2D eigenvalue weighted by Crippen LogP contribution is -2.27. The number of halogens is 1. The second-order valence-electron chi connectivity index (χ2n) is 7.09. The molecule has 0 aliphatic rings. The smallest absolute Gasteiger partial charge is 0.252 e. The Kier molecular flexibility index (Phi) is 5.32. The fourth-order valence-corrected chi connectivity index (χ4v) is 3.71. The number of hydrogen-bond donors (Lipinski definition) is 1. The Morgan fingerprint density at radius 2 is 1.59 bits per heavy atom. The van der Waals surface area contributed by atoms with Gasteiger partial charge in [0.15, 0.2) is 0 Å². The Labute approximate surface area is 175 Å². The zero-order valence-corrected chi connectivity index (χ0v) is 17.1. The number of para-hydroxylation sites is 1. The maximum absolute atomic E-state index is 13.3. The highest BCUT2D eigenvalue weighted by Crippen LogP contribution is 2.30. The molecule has 0 radical (unpaired) electrons. The third-order valence-electron chi connectivity index (χ3n) is 5.13. The lowest BCUT2D eigenvalue weighted by Gasteiger charge is -2.18. The van der Waals surface area contributed by atoms with Gasteiger partial charge in [-0.15, -0.1) is 0 Å². The number of fused-ring (bicyclic) bond motifs is 1. The molecule has 3 aromatic carbocycles. The fourth-order valence-electron chi connectivity index (χ4n) is 3.58. The van der Waals surface area contributed by atoms with Crippen molar-refractivity contribution in [3.63, 3.8) is 0 Å². The summed E-state index contributed by atoms with van der Waals surface area (Å²) in [5, 5.41) is 4.66. The molecule has 4 heteroatoms. The summed E-state index contributed by atoms with van der Waals surface area (Å²) in [5.74, 6) is -0.104. The van der Waals surface area contributed by atoms with E-state index in [0.717, 1.165) is 33.3 Å². The van der Waals surface area contributed by atoms with E-state index in [9.17, 15) is 4.79 Å². The molecule has 1 heterocycles. The Bertz CT molecular complexity index is 1170. The largest absolute Gasteiger partial charge is 0.345 e. The van der Waals surface area contributed by atoms with Crippen LogP contribution in [0, 0.1) is 6.92 Å². The van der Waals surface area contributed by atoms with Crippen LogP contribution in [0.4, 0.5) is 0 Å². The molecule has 0 spiro atoms. The SMILES string of the molecule is Cc1c(-c2ccc(Cl)cc2)nc2ccccc2c1C(=O)NC(C)c1ccccc1. The number of nitrogens with zero attached hydrogens (tertiary/aromatic N) is 1. The second kappa shape index (κ2) is 8.06. The lowest BCUT2D eigenvalue weighted by molar-refractivity contribution is 0.0941. The first-order chi connectivity index (χ1) is 14.0. The van der Waals surface area contributed by atoms with Crippen molar-refractivity contribution in [3.8, 4) is 11.3 Å². The third-order valence-corrected chi connectivity index (χ3v) is 5.38. The van der Waals surface area contributed by atoms with E-state index in [-0.39, 0.29) is 11.9 Å². The van der Waals surface area contributed by atoms with Gasteiger partial charge in [-0.25, -0.2) is 4.98 Å². The van der Waals surface area contributed by atoms with E-state index >= 15 is 0 Å². The number of pyridine rings is 1. The Balaban J connectivity index is 1.81. The third kappa shape index (κ3) is 3.87. The average Bonchev–Trinajstić information content (AvgIpc) is 2.74. The molecule has 1 amide bonds. The van der Waals surface area contributed by atoms with E-state index in [1.807, 2.05) is 92.7 Å². The molecule has 1 aromatic heterocycles. The minimum absolute atomic E-state index is 0.103. The van der Waals surface area contributed by atoms with Crippen LogP contribution in [0.15, 0.2) is 78.9 Å². The van der Waals surface area contributed by atoms with Crippen molar-refractivity contribution in [2.45, 2.75) is 19.9 Å². The number of carbonyl (C=O) groups is 1. The molecule has 3 nitrogen and oxygen atoms in total. The molecule has 1 unspecified atom stereocenters. The van der Waals surface area contributed by atoms with Crippen molar-refractivity contribution in [2.24, 2.45) is 0 Å². The summed E-state index contributed by atoms with van der Waals surface area (Å²) in [7, 11) is 0. The minimum Gasteiger partial charge on any atom is -0.345 e. The predicted octanol–water partition coefficient (Wildman–Crippen LogP) is 6.35. The molecule has 0 saturated heterocycles. The van der Waals surface area contributed by atoms with Crippen molar-refractivity contribution in [1.29, 1.82) is 0 Å². The first-order valence-electron chi connectivity index (χ1n) is 9.55. The number of aromatic nitrogens is 1. The van der Waals surface area contributed by atoms with Gasteiger partial charge in [-0.1, -0.05) is 72.3 Å². The van der Waals surface area contributed by atoms with E-state index in [1.54, 1.807) is 0 Å². The molecule has 29 heavy (non-hydrogen) atoms. The highest BCUT2D eigenvalue weighted by molar-refractivity contribution is 6.30. The summed E-state index contributed by atoms with van der Waals surface area (Å²) in [6, 6.07) is 25.1. The van der Waals surface area contributed by atoms with Gasteiger partial charge in [0.25, 0.3) is 5.91 Å². The molecule has 0 fully saturated rings. The van der Waals surface area contributed by atoms with Gasteiger partial charge in [0.2, 0.25) is 0 Å². The first kappa shape index (κ1) is 19.2. The van der Waals surface area contributed by atoms with Crippen LogP contribution in [-0.4, -0.2) is 10.9 Å². The number of benzene rings is 3. The van der Waals surface area contributed by atoms with E-state index in [2.05, 4.69) is 5.32 Å². The molecule has 1 atom stereocenters. The van der Waals surface area contributed by atoms with Crippen molar-refractivity contribution in [3.05, 3.63) is 101 Å². The topological polar surface area (TPSA) is 42.0 Å². The van der Waals surface area contributed by atoms with Crippen LogP contribution < -0.4 is 5.32 Å². The van der Waals surface area contributed by atoms with Crippen LogP contribution in [0.3, 0.4) is 0 Å². The van der Waals surface area contributed by atoms with Gasteiger partial charge in [-0.2, -0.15) is 0 Å². The summed E-state index contributed by atoms with van der Waals surface area (Å²) in [5.41, 5.74) is 5.09. The van der Waals surface area contributed by atoms with Crippen molar-refractivity contribution >= 4 is 28.4 Å². The average molecular weight is 401 g/mol. The molecule has 0 aliphatic heterocycles. The number of hydrogen-bond acceptors (Lipinski definition) is 2.